The zero-order valence-electron chi connectivity index (χ0n) is 16.5. The molecule has 0 bridgehead atoms. The molecule has 0 saturated carbocycles. The molecule has 0 spiro atoms. The SMILES string of the molecule is C=C(CCC(=O)NCc1ccc(OC)c(F)c1)NC(=O)COC(=C)/C=C(/F)C(=C)Cl. The second-order valence-corrected chi connectivity index (χ2v) is 6.51. The Balaban J connectivity index is 2.31. The second kappa shape index (κ2) is 12.4. The smallest absolute Gasteiger partial charge is 0.262 e. The minimum Gasteiger partial charge on any atom is -0.494 e. The van der Waals surface area contributed by atoms with E-state index >= 15 is 0 Å². The highest BCUT2D eigenvalue weighted by Crippen LogP contribution is 2.17. The number of rotatable bonds is 12. The van der Waals surface area contributed by atoms with Gasteiger partial charge in [-0.1, -0.05) is 37.4 Å². The summed E-state index contributed by atoms with van der Waals surface area (Å²) in [7, 11) is 1.36. The highest BCUT2D eigenvalue weighted by Gasteiger charge is 2.09. The number of halogens is 3. The van der Waals surface area contributed by atoms with E-state index in [-0.39, 0.29) is 41.8 Å². The lowest BCUT2D eigenvalue weighted by atomic mass is 10.2. The molecule has 0 radical (unpaired) electrons. The van der Waals surface area contributed by atoms with Gasteiger partial charge >= 0.3 is 0 Å². The summed E-state index contributed by atoms with van der Waals surface area (Å²) >= 11 is 5.36. The van der Waals surface area contributed by atoms with E-state index in [0.29, 0.717) is 11.3 Å². The Morgan fingerprint density at radius 3 is 2.50 bits per heavy atom. The molecule has 9 heteroatoms. The topological polar surface area (TPSA) is 76.7 Å². The van der Waals surface area contributed by atoms with Gasteiger partial charge in [-0.05, 0) is 24.1 Å². The standard InChI is InChI=1S/C21H23ClF2N2O4/c1-13(26-21(28)12-30-14(2)9-17(23)15(3)22)5-8-20(27)25-11-16-6-7-19(29-4)18(24)10-16/h6-7,9-10H,1-3,5,8,11-12H2,4H3,(H,25,27)(H,26,28)/b17-9+. The maximum Gasteiger partial charge on any atom is 0.262 e. The monoisotopic (exact) mass is 440 g/mol. The summed E-state index contributed by atoms with van der Waals surface area (Å²) in [6.45, 7) is 10.0. The summed E-state index contributed by atoms with van der Waals surface area (Å²) in [6.07, 6.45) is 1.16. The van der Waals surface area contributed by atoms with E-state index in [0.717, 1.165) is 6.08 Å². The average molecular weight is 441 g/mol. The quantitative estimate of drug-likeness (QED) is 0.380. The van der Waals surface area contributed by atoms with Crippen molar-refractivity contribution in [3.8, 4) is 5.75 Å². The van der Waals surface area contributed by atoms with Crippen LogP contribution >= 0.6 is 11.6 Å². The molecule has 0 heterocycles. The minimum atomic E-state index is -0.824. The maximum absolute atomic E-state index is 13.6. The molecule has 0 aliphatic rings. The van der Waals surface area contributed by atoms with Crippen molar-refractivity contribution in [3.63, 3.8) is 0 Å². The number of amides is 2. The molecular formula is C21H23ClF2N2O4. The number of hydrogen-bond donors (Lipinski definition) is 2. The van der Waals surface area contributed by atoms with E-state index < -0.39 is 24.2 Å². The number of hydrogen-bond acceptors (Lipinski definition) is 4. The van der Waals surface area contributed by atoms with Gasteiger partial charge in [0.25, 0.3) is 5.91 Å². The lowest BCUT2D eigenvalue weighted by Crippen LogP contribution is -2.28. The Hall–Kier alpha value is -3.13. The third-order valence-corrected chi connectivity index (χ3v) is 3.79. The lowest BCUT2D eigenvalue weighted by Gasteiger charge is -2.10. The zero-order valence-corrected chi connectivity index (χ0v) is 17.3. The molecule has 0 atom stereocenters. The van der Waals surface area contributed by atoms with Gasteiger partial charge in [-0.2, -0.15) is 0 Å². The molecule has 30 heavy (non-hydrogen) atoms. The van der Waals surface area contributed by atoms with Gasteiger partial charge in [0.15, 0.2) is 18.2 Å². The van der Waals surface area contributed by atoms with Gasteiger partial charge in [0.05, 0.1) is 12.1 Å². The van der Waals surface area contributed by atoms with Crippen LogP contribution in [0.5, 0.6) is 5.75 Å². The van der Waals surface area contributed by atoms with E-state index in [1.165, 1.54) is 19.2 Å². The van der Waals surface area contributed by atoms with E-state index in [2.05, 4.69) is 30.4 Å². The zero-order chi connectivity index (χ0) is 22.7. The normalized spacial score (nSPS) is 10.7. The van der Waals surface area contributed by atoms with E-state index in [1.54, 1.807) is 6.07 Å². The highest BCUT2D eigenvalue weighted by atomic mass is 35.5. The van der Waals surface area contributed by atoms with E-state index in [1.807, 2.05) is 0 Å². The molecule has 1 rings (SSSR count). The van der Waals surface area contributed by atoms with Gasteiger partial charge in [0.1, 0.15) is 11.6 Å². The fourth-order valence-corrected chi connectivity index (χ4v) is 2.14. The number of ether oxygens (including phenoxy) is 2. The Morgan fingerprint density at radius 2 is 1.90 bits per heavy atom. The molecule has 6 nitrogen and oxygen atoms in total. The van der Waals surface area contributed by atoms with Gasteiger partial charge in [-0.25, -0.2) is 8.78 Å². The van der Waals surface area contributed by atoms with Crippen LogP contribution in [0.15, 0.2) is 66.3 Å². The first kappa shape index (κ1) is 24.9. The molecule has 1 aromatic rings. The van der Waals surface area contributed by atoms with Crippen molar-refractivity contribution in [3.05, 3.63) is 77.7 Å². The minimum absolute atomic E-state index is 0.0666. The van der Waals surface area contributed by atoms with Crippen molar-refractivity contribution in [2.24, 2.45) is 0 Å². The van der Waals surface area contributed by atoms with E-state index in [4.69, 9.17) is 21.1 Å². The summed E-state index contributed by atoms with van der Waals surface area (Å²) in [5, 5.41) is 4.79. The van der Waals surface area contributed by atoms with Crippen LogP contribution in [0.3, 0.4) is 0 Å². The number of allylic oxidation sites excluding steroid dienone is 4. The molecule has 2 amide bonds. The molecule has 0 saturated heterocycles. The van der Waals surface area contributed by atoms with Gasteiger partial charge in [-0.15, -0.1) is 0 Å². The van der Waals surface area contributed by atoms with Crippen LogP contribution in [-0.2, 0) is 20.9 Å². The van der Waals surface area contributed by atoms with Crippen LogP contribution in [0.25, 0.3) is 0 Å². The van der Waals surface area contributed by atoms with Crippen molar-refractivity contribution >= 4 is 23.4 Å². The van der Waals surface area contributed by atoms with Gasteiger partial charge in [0, 0.05) is 24.7 Å². The third kappa shape index (κ3) is 9.38. The Bertz CT molecular complexity index is 869. The maximum atomic E-state index is 13.6. The summed E-state index contributed by atoms with van der Waals surface area (Å²) in [5.41, 5.74) is 0.880. The van der Waals surface area contributed by atoms with Crippen LogP contribution in [0.1, 0.15) is 18.4 Å². The fourth-order valence-electron chi connectivity index (χ4n) is 2.09. The Labute approximate surface area is 178 Å². The number of nitrogens with one attached hydrogen (secondary N) is 2. The fraction of sp³-hybridized carbons (Fsp3) is 0.238. The first-order valence-corrected chi connectivity index (χ1v) is 9.10. The third-order valence-electron chi connectivity index (χ3n) is 3.61. The second-order valence-electron chi connectivity index (χ2n) is 6.05. The summed E-state index contributed by atoms with van der Waals surface area (Å²) in [4.78, 5) is 23.7. The van der Waals surface area contributed by atoms with Crippen LogP contribution in [0.4, 0.5) is 8.78 Å². The number of benzene rings is 1. The molecule has 0 unspecified atom stereocenters. The van der Waals surface area contributed by atoms with Crippen LogP contribution in [-0.4, -0.2) is 25.5 Å². The number of methoxy groups -OCH3 is 1. The van der Waals surface area contributed by atoms with Crippen LogP contribution < -0.4 is 15.4 Å². The number of carbonyl (C=O) groups excluding carboxylic acids is 2. The van der Waals surface area contributed by atoms with Crippen molar-refractivity contribution in [1.82, 2.24) is 10.6 Å². The molecule has 2 N–H and O–H groups in total. The predicted octanol–water partition coefficient (Wildman–Crippen LogP) is 4.00. The summed E-state index contributed by atoms with van der Waals surface area (Å²) < 4.78 is 36.7. The van der Waals surface area contributed by atoms with Crippen LogP contribution in [0, 0.1) is 5.82 Å². The Kier molecular flexibility index (Phi) is 10.3. The van der Waals surface area contributed by atoms with Gasteiger partial charge < -0.3 is 20.1 Å². The molecule has 1 aromatic carbocycles. The molecule has 0 aromatic heterocycles. The molecule has 162 valence electrons. The number of carbonyl (C=O) groups is 2. The molecule has 0 aliphatic carbocycles. The van der Waals surface area contributed by atoms with E-state index in [9.17, 15) is 18.4 Å². The Morgan fingerprint density at radius 1 is 1.20 bits per heavy atom. The molecular weight excluding hydrogens is 418 g/mol. The first-order valence-electron chi connectivity index (χ1n) is 8.72. The highest BCUT2D eigenvalue weighted by molar-refractivity contribution is 6.31. The van der Waals surface area contributed by atoms with Crippen LogP contribution in [0.2, 0.25) is 0 Å². The first-order chi connectivity index (χ1) is 14.1. The van der Waals surface area contributed by atoms with Gasteiger partial charge in [-0.3, -0.25) is 9.59 Å². The lowest BCUT2D eigenvalue weighted by molar-refractivity contribution is -0.124. The van der Waals surface area contributed by atoms with Crippen molar-refractivity contribution in [2.75, 3.05) is 13.7 Å². The summed E-state index contributed by atoms with van der Waals surface area (Å²) in [5.74, 6) is -2.17. The van der Waals surface area contributed by atoms with Crippen molar-refractivity contribution in [1.29, 1.82) is 0 Å². The summed E-state index contributed by atoms with van der Waals surface area (Å²) in [6, 6.07) is 4.39. The van der Waals surface area contributed by atoms with Gasteiger partial charge in [0.2, 0.25) is 5.91 Å². The average Bonchev–Trinajstić information content (AvgIpc) is 2.69. The predicted molar refractivity (Wildman–Crippen MR) is 111 cm³/mol. The molecule has 0 fully saturated rings. The molecule has 0 aliphatic heterocycles. The van der Waals surface area contributed by atoms with Crippen molar-refractivity contribution in [2.45, 2.75) is 19.4 Å². The van der Waals surface area contributed by atoms with Crippen molar-refractivity contribution < 1.29 is 27.8 Å². The largest absolute Gasteiger partial charge is 0.494 e.